The number of carboxylic acid groups (broad SMARTS) is 1. The second-order valence-corrected chi connectivity index (χ2v) is 10.1. The van der Waals surface area contributed by atoms with Crippen molar-refractivity contribution in [3.8, 4) is 11.5 Å². The van der Waals surface area contributed by atoms with Gasteiger partial charge in [0.25, 0.3) is 0 Å². The molecule has 222 valence electrons. The van der Waals surface area contributed by atoms with Crippen LogP contribution in [0.1, 0.15) is 80.0 Å². The quantitative estimate of drug-likeness (QED) is 0.242. The van der Waals surface area contributed by atoms with E-state index in [1.54, 1.807) is 41.3 Å². The number of hydrogen-bond acceptors (Lipinski definition) is 7. The van der Waals surface area contributed by atoms with Crippen LogP contribution in [0.2, 0.25) is 0 Å². The van der Waals surface area contributed by atoms with Gasteiger partial charge in [-0.15, -0.1) is 0 Å². The average Bonchev–Trinajstić information content (AvgIpc) is 3.00. The summed E-state index contributed by atoms with van der Waals surface area (Å²) < 4.78 is 16.7. The van der Waals surface area contributed by atoms with Crippen molar-refractivity contribution in [3.63, 3.8) is 0 Å². The van der Waals surface area contributed by atoms with Crippen molar-refractivity contribution >= 4 is 24.3 Å². The second-order valence-electron chi connectivity index (χ2n) is 10.1. The van der Waals surface area contributed by atoms with Crippen LogP contribution < -0.4 is 14.8 Å². The molecule has 2 amide bonds. The number of urea groups is 1. The van der Waals surface area contributed by atoms with Crippen molar-refractivity contribution in [2.75, 3.05) is 20.3 Å². The van der Waals surface area contributed by atoms with Gasteiger partial charge >= 0.3 is 18.0 Å². The highest BCUT2D eigenvalue weighted by Crippen LogP contribution is 2.30. The molecule has 0 spiro atoms. The summed E-state index contributed by atoms with van der Waals surface area (Å²) in [5.41, 5.74) is 1.91. The molecule has 0 unspecified atom stereocenters. The van der Waals surface area contributed by atoms with Gasteiger partial charge in [-0.25, -0.2) is 14.4 Å². The maximum absolute atomic E-state index is 13.6. The van der Waals surface area contributed by atoms with Gasteiger partial charge in [-0.1, -0.05) is 32.0 Å². The molecule has 2 atom stereocenters. The summed E-state index contributed by atoms with van der Waals surface area (Å²) in [6, 6.07) is 11.2. The molecular weight excluding hydrogens is 528 g/mol. The first kappa shape index (κ1) is 31.4. The predicted molar refractivity (Wildman–Crippen MR) is 152 cm³/mol. The number of carboxylic acids is 1. The molecule has 0 aromatic heterocycles. The van der Waals surface area contributed by atoms with Gasteiger partial charge in [-0.2, -0.15) is 0 Å². The zero-order chi connectivity index (χ0) is 29.8. The van der Waals surface area contributed by atoms with E-state index in [1.807, 2.05) is 19.9 Å². The number of benzene rings is 2. The van der Waals surface area contributed by atoms with Crippen LogP contribution in [0, 0.1) is 0 Å². The largest absolute Gasteiger partial charge is 0.496 e. The highest BCUT2D eigenvalue weighted by molar-refractivity contribution is 5.84. The second kappa shape index (κ2) is 15.6. The normalized spacial score (nSPS) is 15.6. The van der Waals surface area contributed by atoms with Crippen molar-refractivity contribution in [1.82, 2.24) is 10.2 Å². The van der Waals surface area contributed by atoms with E-state index < -0.39 is 30.7 Å². The van der Waals surface area contributed by atoms with Gasteiger partial charge in [0.2, 0.25) is 0 Å². The van der Waals surface area contributed by atoms with Crippen LogP contribution >= 0.6 is 0 Å². The number of amides is 2. The third-order valence-electron chi connectivity index (χ3n) is 7.32. The molecule has 0 aliphatic carbocycles. The first-order valence-corrected chi connectivity index (χ1v) is 14.1. The van der Waals surface area contributed by atoms with Crippen molar-refractivity contribution < 1.29 is 38.5 Å². The van der Waals surface area contributed by atoms with E-state index in [2.05, 4.69) is 5.32 Å². The smallest absolute Gasteiger partial charge is 0.341 e. The van der Waals surface area contributed by atoms with Crippen molar-refractivity contribution in [1.29, 1.82) is 0 Å². The third kappa shape index (κ3) is 8.96. The number of likely N-dealkylation sites (tertiary alicyclic amines) is 1. The Morgan fingerprint density at radius 3 is 2.59 bits per heavy atom. The summed E-state index contributed by atoms with van der Waals surface area (Å²) in [4.78, 5) is 50.8. The van der Waals surface area contributed by atoms with Crippen molar-refractivity contribution in [2.45, 2.75) is 77.0 Å². The highest BCUT2D eigenvalue weighted by atomic mass is 16.5. The van der Waals surface area contributed by atoms with Crippen molar-refractivity contribution in [3.05, 3.63) is 59.2 Å². The molecule has 1 fully saturated rings. The van der Waals surface area contributed by atoms with Gasteiger partial charge in [-0.3, -0.25) is 4.79 Å². The standard InChI is InChI=1S/C31H40N2O8/c1-4-24(5-2)32-31(38)33-16-7-6-11-26(33)30(37)41-28(22-9-8-10-25(18-22)40-20-29(35)36)15-13-21-12-14-27(39-3)23(17-21)19-34/h8-10,12,14,17-19,24,26,28H,4-7,11,13,15-16,20H2,1-3H3,(H,32,38)(H,35,36)/t26-,28+/m0/s1. The number of hydrogen-bond donors (Lipinski definition) is 2. The van der Waals surface area contributed by atoms with E-state index in [4.69, 9.17) is 19.3 Å². The fourth-order valence-electron chi connectivity index (χ4n) is 4.96. The van der Waals surface area contributed by atoms with Crippen LogP contribution in [0.15, 0.2) is 42.5 Å². The Morgan fingerprint density at radius 1 is 1.12 bits per heavy atom. The Hall–Kier alpha value is -4.08. The molecule has 3 rings (SSSR count). The lowest BCUT2D eigenvalue weighted by Crippen LogP contribution is -2.54. The van der Waals surface area contributed by atoms with E-state index in [0.717, 1.165) is 37.5 Å². The van der Waals surface area contributed by atoms with Crippen LogP contribution in [-0.2, 0) is 20.7 Å². The van der Waals surface area contributed by atoms with Gasteiger partial charge in [0.05, 0.1) is 12.7 Å². The zero-order valence-corrected chi connectivity index (χ0v) is 24.0. The van der Waals surface area contributed by atoms with Gasteiger partial charge in [0.15, 0.2) is 12.9 Å². The molecule has 41 heavy (non-hydrogen) atoms. The zero-order valence-electron chi connectivity index (χ0n) is 24.0. The van der Waals surface area contributed by atoms with Gasteiger partial charge in [0.1, 0.15) is 23.6 Å². The Labute approximate surface area is 241 Å². The van der Waals surface area contributed by atoms with E-state index in [1.165, 1.54) is 7.11 Å². The van der Waals surface area contributed by atoms with E-state index in [0.29, 0.717) is 48.4 Å². The Kier molecular flexibility index (Phi) is 12.0. The lowest BCUT2D eigenvalue weighted by molar-refractivity contribution is -0.156. The van der Waals surface area contributed by atoms with Gasteiger partial charge < -0.3 is 29.5 Å². The van der Waals surface area contributed by atoms with E-state index in [-0.39, 0.29) is 12.1 Å². The maximum atomic E-state index is 13.6. The number of methoxy groups -OCH3 is 1. The van der Waals surface area contributed by atoms with Gasteiger partial charge in [-0.05, 0) is 80.3 Å². The summed E-state index contributed by atoms with van der Waals surface area (Å²) in [5, 5.41) is 12.0. The van der Waals surface area contributed by atoms with E-state index >= 15 is 0 Å². The molecule has 1 aliphatic heterocycles. The molecule has 0 radical (unpaired) electrons. The number of ether oxygens (including phenoxy) is 3. The molecule has 10 nitrogen and oxygen atoms in total. The van der Waals surface area contributed by atoms with Crippen LogP contribution in [0.25, 0.3) is 0 Å². The summed E-state index contributed by atoms with van der Waals surface area (Å²) >= 11 is 0. The highest BCUT2D eigenvalue weighted by Gasteiger charge is 2.35. The number of aliphatic carboxylic acids is 1. The van der Waals surface area contributed by atoms with E-state index in [9.17, 15) is 19.2 Å². The minimum atomic E-state index is -1.10. The average molecular weight is 569 g/mol. The lowest BCUT2D eigenvalue weighted by Gasteiger charge is -2.36. The Balaban J connectivity index is 1.83. The first-order valence-electron chi connectivity index (χ1n) is 14.1. The minimum Gasteiger partial charge on any atom is -0.496 e. The molecule has 10 heteroatoms. The molecule has 0 saturated carbocycles. The number of piperidine rings is 1. The Bertz CT molecular complexity index is 1200. The lowest BCUT2D eigenvalue weighted by atomic mass is 9.99. The van der Waals surface area contributed by atoms with Crippen LogP contribution in [0.4, 0.5) is 4.79 Å². The number of nitrogens with one attached hydrogen (secondary N) is 1. The van der Waals surface area contributed by atoms with Crippen LogP contribution in [0.3, 0.4) is 0 Å². The number of aldehydes is 1. The summed E-state index contributed by atoms with van der Waals surface area (Å²) in [6.07, 6.45) is 4.59. The van der Waals surface area contributed by atoms with Crippen LogP contribution in [0.5, 0.6) is 11.5 Å². The number of nitrogens with zero attached hydrogens (tertiary/aromatic N) is 1. The fraction of sp³-hybridized carbons (Fsp3) is 0.484. The molecule has 0 bridgehead atoms. The number of carbonyl (C=O) groups excluding carboxylic acids is 3. The molecule has 1 heterocycles. The minimum absolute atomic E-state index is 0.0307. The number of esters is 1. The molecule has 1 saturated heterocycles. The van der Waals surface area contributed by atoms with Crippen LogP contribution in [-0.4, -0.2) is 66.6 Å². The third-order valence-corrected chi connectivity index (χ3v) is 7.32. The Morgan fingerprint density at radius 2 is 1.90 bits per heavy atom. The van der Waals surface area contributed by atoms with Gasteiger partial charge in [0, 0.05) is 12.6 Å². The first-order chi connectivity index (χ1) is 19.8. The molecule has 1 aliphatic rings. The molecule has 2 aromatic carbocycles. The number of aryl methyl sites for hydroxylation is 1. The summed E-state index contributed by atoms with van der Waals surface area (Å²) in [6.45, 7) is 3.98. The number of rotatable bonds is 14. The number of carbonyl (C=O) groups is 4. The molecular formula is C31H40N2O8. The van der Waals surface area contributed by atoms with Crippen molar-refractivity contribution in [2.24, 2.45) is 0 Å². The topological polar surface area (TPSA) is 131 Å². The maximum Gasteiger partial charge on any atom is 0.341 e. The SMILES string of the molecule is CCC(CC)NC(=O)N1CCCC[C@H]1C(=O)O[C@H](CCc1ccc(OC)c(C=O)c1)c1cccc(OCC(=O)O)c1. The molecule has 2 N–H and O–H groups in total. The fourth-order valence-corrected chi connectivity index (χ4v) is 4.96. The summed E-state index contributed by atoms with van der Waals surface area (Å²) in [5.74, 6) is -0.788. The monoisotopic (exact) mass is 568 g/mol. The molecule has 2 aromatic rings. The predicted octanol–water partition coefficient (Wildman–Crippen LogP) is 4.94. The summed E-state index contributed by atoms with van der Waals surface area (Å²) in [7, 11) is 1.50.